The van der Waals surface area contributed by atoms with E-state index in [1.807, 2.05) is 12.2 Å². The van der Waals surface area contributed by atoms with Gasteiger partial charge < -0.3 is 89.9 Å². The van der Waals surface area contributed by atoms with E-state index in [9.17, 15) is 61.0 Å². The maximum Gasteiger partial charge on any atom is 0.220 e. The molecule has 19 nitrogen and oxygen atoms in total. The zero-order chi connectivity index (χ0) is 65.4. The molecule has 520 valence electrons. The monoisotopic (exact) mass is 1280 g/mol. The molecular weight excluding hydrogens is 1150 g/mol. The third-order valence-electron chi connectivity index (χ3n) is 16.9. The number of carbonyl (C=O) groups excluding carboxylic acids is 1. The number of allylic oxidation sites excluding steroid dienone is 13. The van der Waals surface area contributed by atoms with Crippen LogP contribution in [0.1, 0.15) is 226 Å². The first kappa shape index (κ1) is 81.2. The number of unbranched alkanes of at least 4 members (excludes halogenated alkanes) is 24. The molecule has 0 radical (unpaired) electrons. The van der Waals surface area contributed by atoms with Gasteiger partial charge in [0, 0.05) is 6.42 Å². The standard InChI is InChI=1S/C71H123NO18/c1-3-5-7-9-11-13-15-17-19-21-22-23-24-25-26-27-28-29-30-31-33-34-36-38-40-42-44-46-48-55(76)54(72-59(77)49-47-45-43-41-39-37-35-32-20-18-16-14-12-10-8-6-4-2)53-85-69-65(83)62(80)67(57(51-74)87-69)90-71-66(84)63(81)68(58(52-75)88-71)89-70-64(82)61(79)60(78)56(50-73)86-70/h6,8,12,14,18,20,35,37-38,40-41,43,46,48,54-58,60-71,73-76,78-84H,3-5,7,9-11,13,15-17,19,21-34,36,39,42,44-45,47,49-53H2,1-2H3,(H,72,77)/b8-6-,14-12-,20-18-,37-35-,40-38+,43-41-,48-46+. The minimum atomic E-state index is -1.99. The normalized spacial score (nSPS) is 28.6. The highest BCUT2D eigenvalue weighted by atomic mass is 16.8. The lowest BCUT2D eigenvalue weighted by molar-refractivity contribution is -0.379. The van der Waals surface area contributed by atoms with Gasteiger partial charge in [0.25, 0.3) is 0 Å². The quantitative estimate of drug-likeness (QED) is 0.0200. The van der Waals surface area contributed by atoms with Gasteiger partial charge in [-0.2, -0.15) is 0 Å². The van der Waals surface area contributed by atoms with Crippen LogP contribution in [-0.2, 0) is 33.2 Å². The van der Waals surface area contributed by atoms with Crippen LogP contribution in [0.3, 0.4) is 0 Å². The zero-order valence-electron chi connectivity index (χ0n) is 54.8. The van der Waals surface area contributed by atoms with Crippen LogP contribution in [0.2, 0.25) is 0 Å². The van der Waals surface area contributed by atoms with E-state index in [-0.39, 0.29) is 12.3 Å². The number of hydrogen-bond donors (Lipinski definition) is 12. The van der Waals surface area contributed by atoms with Crippen LogP contribution in [0.25, 0.3) is 0 Å². The number of carbonyl (C=O) groups is 1. The second kappa shape index (κ2) is 52.3. The summed E-state index contributed by atoms with van der Waals surface area (Å²) in [6, 6.07) is -1.03. The molecule has 17 unspecified atom stereocenters. The molecule has 3 aliphatic rings. The van der Waals surface area contributed by atoms with Crippen molar-refractivity contribution in [1.29, 1.82) is 0 Å². The van der Waals surface area contributed by atoms with Crippen LogP contribution in [0, 0.1) is 0 Å². The van der Waals surface area contributed by atoms with Crippen molar-refractivity contribution in [2.45, 2.75) is 330 Å². The molecule has 0 aromatic rings. The summed E-state index contributed by atoms with van der Waals surface area (Å²) in [5.74, 6) is -0.344. The van der Waals surface area contributed by atoms with Crippen molar-refractivity contribution >= 4 is 5.91 Å². The first-order chi connectivity index (χ1) is 43.8. The van der Waals surface area contributed by atoms with Gasteiger partial charge in [-0.1, -0.05) is 234 Å². The molecule has 0 aliphatic carbocycles. The fourth-order valence-electron chi connectivity index (χ4n) is 11.3. The van der Waals surface area contributed by atoms with Gasteiger partial charge >= 0.3 is 0 Å². The number of nitrogens with one attached hydrogen (secondary N) is 1. The highest BCUT2D eigenvalue weighted by Crippen LogP contribution is 2.33. The maximum atomic E-state index is 13.3. The second-order valence-corrected chi connectivity index (χ2v) is 24.6. The van der Waals surface area contributed by atoms with Gasteiger partial charge in [-0.25, -0.2) is 0 Å². The minimum absolute atomic E-state index is 0.153. The summed E-state index contributed by atoms with van der Waals surface area (Å²) in [6.07, 6.45) is 40.1. The molecule has 1 amide bonds. The van der Waals surface area contributed by atoms with Crippen LogP contribution < -0.4 is 5.32 Å². The van der Waals surface area contributed by atoms with Gasteiger partial charge in [0.1, 0.15) is 73.2 Å². The van der Waals surface area contributed by atoms with Gasteiger partial charge in [0.2, 0.25) is 5.91 Å². The Morgan fingerprint density at radius 2 is 0.778 bits per heavy atom. The second-order valence-electron chi connectivity index (χ2n) is 24.6. The molecular formula is C71H123NO18. The molecule has 3 rings (SSSR count). The highest BCUT2D eigenvalue weighted by Gasteiger charge is 2.53. The Balaban J connectivity index is 1.45. The van der Waals surface area contributed by atoms with E-state index in [0.717, 1.165) is 51.4 Å². The van der Waals surface area contributed by atoms with Gasteiger partial charge in [-0.05, 0) is 70.6 Å². The topological polar surface area (TPSA) is 307 Å². The molecule has 90 heavy (non-hydrogen) atoms. The largest absolute Gasteiger partial charge is 0.394 e. The van der Waals surface area contributed by atoms with Crippen LogP contribution in [0.5, 0.6) is 0 Å². The van der Waals surface area contributed by atoms with E-state index < -0.39 is 131 Å². The fourth-order valence-corrected chi connectivity index (χ4v) is 11.3. The molecule has 0 bridgehead atoms. The number of ether oxygens (including phenoxy) is 6. The highest BCUT2D eigenvalue weighted by molar-refractivity contribution is 5.76. The van der Waals surface area contributed by atoms with Crippen molar-refractivity contribution in [3.63, 3.8) is 0 Å². The van der Waals surface area contributed by atoms with E-state index in [1.54, 1.807) is 6.08 Å². The number of rotatable bonds is 52. The zero-order valence-corrected chi connectivity index (χ0v) is 54.8. The molecule has 0 aromatic carbocycles. The molecule has 0 aromatic heterocycles. The minimum Gasteiger partial charge on any atom is -0.394 e. The van der Waals surface area contributed by atoms with Gasteiger partial charge in [-0.15, -0.1) is 0 Å². The fraction of sp³-hybridized carbons (Fsp3) is 0.789. The van der Waals surface area contributed by atoms with Crippen LogP contribution in [0.4, 0.5) is 0 Å². The molecule has 3 aliphatic heterocycles. The van der Waals surface area contributed by atoms with Crippen molar-refractivity contribution in [3.05, 3.63) is 85.1 Å². The average molecular weight is 1280 g/mol. The molecule has 17 atom stereocenters. The van der Waals surface area contributed by atoms with Crippen LogP contribution >= 0.6 is 0 Å². The lowest BCUT2D eigenvalue weighted by atomic mass is 9.96. The summed E-state index contributed by atoms with van der Waals surface area (Å²) in [4.78, 5) is 13.3. The van der Waals surface area contributed by atoms with E-state index in [4.69, 9.17) is 28.4 Å². The van der Waals surface area contributed by atoms with E-state index >= 15 is 0 Å². The Bertz CT molecular complexity index is 1960. The SMILES string of the molecule is CC/C=C\C/C=C\C/C=C\C/C=C\C/C=C\CCCC(=O)NC(COC1OC(CO)C(OC2OC(CO)C(OC3OC(CO)C(O)C(O)C3O)C(O)C2O)C(O)C1O)C(O)/C=C/CC/C=C/CCCCCCCCCCCCCCCCCCCCCCCC. The summed E-state index contributed by atoms with van der Waals surface area (Å²) >= 11 is 0. The Kier molecular flexibility index (Phi) is 47.2. The molecule has 0 saturated carbocycles. The van der Waals surface area contributed by atoms with Crippen molar-refractivity contribution in [2.24, 2.45) is 0 Å². The molecule has 3 fully saturated rings. The van der Waals surface area contributed by atoms with Crippen LogP contribution in [0.15, 0.2) is 85.1 Å². The molecule has 12 N–H and O–H groups in total. The van der Waals surface area contributed by atoms with E-state index in [2.05, 4.69) is 86.0 Å². The third kappa shape index (κ3) is 33.9. The van der Waals surface area contributed by atoms with Gasteiger partial charge in [0.05, 0.1) is 38.6 Å². The lowest BCUT2D eigenvalue weighted by Gasteiger charge is -2.48. The first-order valence-corrected chi connectivity index (χ1v) is 34.8. The third-order valence-corrected chi connectivity index (χ3v) is 16.9. The Morgan fingerprint density at radius 3 is 1.24 bits per heavy atom. The van der Waals surface area contributed by atoms with Crippen LogP contribution in [-0.4, -0.2) is 193 Å². The number of amides is 1. The van der Waals surface area contributed by atoms with Gasteiger partial charge in [0.15, 0.2) is 18.9 Å². The average Bonchev–Trinajstić information content (AvgIpc) is 0.847. The summed E-state index contributed by atoms with van der Waals surface area (Å²) in [7, 11) is 0. The van der Waals surface area contributed by atoms with Gasteiger partial charge in [-0.3, -0.25) is 4.79 Å². The van der Waals surface area contributed by atoms with E-state index in [1.165, 1.54) is 135 Å². The maximum absolute atomic E-state index is 13.3. The molecule has 3 heterocycles. The summed E-state index contributed by atoms with van der Waals surface area (Å²) in [5, 5.41) is 120. The summed E-state index contributed by atoms with van der Waals surface area (Å²) in [5.41, 5.74) is 0. The number of hydrogen-bond acceptors (Lipinski definition) is 18. The Morgan fingerprint density at radius 1 is 0.411 bits per heavy atom. The predicted octanol–water partition coefficient (Wildman–Crippen LogP) is 9.10. The van der Waals surface area contributed by atoms with Crippen molar-refractivity contribution in [3.8, 4) is 0 Å². The van der Waals surface area contributed by atoms with Crippen molar-refractivity contribution in [1.82, 2.24) is 5.32 Å². The molecule has 0 spiro atoms. The van der Waals surface area contributed by atoms with Crippen molar-refractivity contribution in [2.75, 3.05) is 26.4 Å². The van der Waals surface area contributed by atoms with Crippen molar-refractivity contribution < 1.29 is 89.4 Å². The summed E-state index contributed by atoms with van der Waals surface area (Å²) in [6.45, 7) is 1.56. The number of aliphatic hydroxyl groups excluding tert-OH is 11. The number of aliphatic hydroxyl groups is 11. The molecule has 19 heteroatoms. The molecule has 3 saturated heterocycles. The van der Waals surface area contributed by atoms with E-state index in [0.29, 0.717) is 19.3 Å². The smallest absolute Gasteiger partial charge is 0.220 e. The Labute approximate surface area is 540 Å². The lowest BCUT2D eigenvalue weighted by Crippen LogP contribution is -2.66. The predicted molar refractivity (Wildman–Crippen MR) is 351 cm³/mol. The first-order valence-electron chi connectivity index (χ1n) is 34.8. The summed E-state index contributed by atoms with van der Waals surface area (Å²) < 4.78 is 34.3. The Hall–Kier alpha value is -3.03.